The Morgan fingerprint density at radius 1 is 1.16 bits per heavy atom. The topological polar surface area (TPSA) is 116 Å². The quantitative estimate of drug-likeness (QED) is 0.330. The van der Waals surface area contributed by atoms with Crippen LogP contribution < -0.4 is 16.2 Å². The molecule has 192 valence electrons. The Bertz CT molecular complexity index is 1380. The number of alkyl halides is 3. The van der Waals surface area contributed by atoms with E-state index in [1.807, 2.05) is 0 Å². The van der Waals surface area contributed by atoms with Gasteiger partial charge in [-0.25, -0.2) is 9.89 Å². The zero-order valence-corrected chi connectivity index (χ0v) is 19.5. The van der Waals surface area contributed by atoms with Crippen LogP contribution in [0.5, 0.6) is 0 Å². The first kappa shape index (κ1) is 25.8. The highest BCUT2D eigenvalue weighted by atomic mass is 19.4. The maximum atomic E-state index is 13.2. The molecule has 0 saturated carbocycles. The van der Waals surface area contributed by atoms with Gasteiger partial charge in [-0.15, -0.1) is 0 Å². The van der Waals surface area contributed by atoms with Gasteiger partial charge in [-0.2, -0.15) is 22.8 Å². The van der Waals surface area contributed by atoms with Gasteiger partial charge < -0.3 is 15.4 Å². The SMILES string of the molecule is C=[N+](C(=O)c1cn[nH]c(=O)c1)C1(C(=O)NCc2ccc(Nc3ccccc3C(F)(F)F)cc2)CCOC1. The summed E-state index contributed by atoms with van der Waals surface area (Å²) in [5.41, 5.74) is -1.71. The van der Waals surface area contributed by atoms with Crippen molar-refractivity contribution in [3.63, 3.8) is 0 Å². The number of carbonyl (C=O) groups excluding carboxylic acids is 2. The Morgan fingerprint density at radius 2 is 1.89 bits per heavy atom. The summed E-state index contributed by atoms with van der Waals surface area (Å²) in [5, 5.41) is 11.3. The van der Waals surface area contributed by atoms with Gasteiger partial charge in [0.05, 0.1) is 24.1 Å². The fourth-order valence-electron chi connectivity index (χ4n) is 3.96. The first-order valence-corrected chi connectivity index (χ1v) is 11.2. The molecule has 2 aromatic carbocycles. The summed E-state index contributed by atoms with van der Waals surface area (Å²) >= 11 is 0. The van der Waals surface area contributed by atoms with Crippen molar-refractivity contribution < 1.29 is 32.1 Å². The molecule has 1 aromatic heterocycles. The molecule has 0 spiro atoms. The summed E-state index contributed by atoms with van der Waals surface area (Å²) in [6.07, 6.45) is -3.12. The molecule has 0 radical (unpaired) electrons. The number of ether oxygens (including phenoxy) is 1. The van der Waals surface area contributed by atoms with E-state index in [0.29, 0.717) is 11.3 Å². The molecule has 0 bridgehead atoms. The fourth-order valence-corrected chi connectivity index (χ4v) is 3.96. The van der Waals surface area contributed by atoms with Crippen molar-refractivity contribution in [2.75, 3.05) is 18.5 Å². The number of anilines is 2. The van der Waals surface area contributed by atoms with Crippen molar-refractivity contribution >= 4 is 29.9 Å². The van der Waals surface area contributed by atoms with Crippen LogP contribution in [-0.4, -0.2) is 52.1 Å². The smallest absolute Gasteiger partial charge is 0.373 e. The highest BCUT2D eigenvalue weighted by Crippen LogP contribution is 2.35. The molecule has 37 heavy (non-hydrogen) atoms. The van der Waals surface area contributed by atoms with Gasteiger partial charge >= 0.3 is 12.1 Å². The normalized spacial score (nSPS) is 17.3. The molecule has 0 aliphatic carbocycles. The largest absolute Gasteiger partial charge is 0.421 e. The molecule has 9 nitrogen and oxygen atoms in total. The predicted octanol–water partition coefficient (Wildman–Crippen LogP) is 2.86. The van der Waals surface area contributed by atoms with Crippen molar-refractivity contribution in [3.05, 3.63) is 87.8 Å². The minimum Gasteiger partial charge on any atom is -0.373 e. The van der Waals surface area contributed by atoms with Gasteiger partial charge in [0, 0.05) is 24.7 Å². The number of aromatic nitrogens is 2. The second-order valence-electron chi connectivity index (χ2n) is 8.45. The molecule has 1 aliphatic heterocycles. The van der Waals surface area contributed by atoms with E-state index < -0.39 is 34.7 Å². The number of aromatic amines is 1. The number of hydrogen-bond acceptors (Lipinski definition) is 6. The number of H-pyrrole nitrogens is 1. The number of para-hydroxylation sites is 1. The van der Waals surface area contributed by atoms with E-state index in [4.69, 9.17) is 4.74 Å². The summed E-state index contributed by atoms with van der Waals surface area (Å²) in [5.74, 6) is -1.15. The average molecular weight is 514 g/mol. The lowest BCUT2D eigenvalue weighted by Crippen LogP contribution is -2.56. The van der Waals surface area contributed by atoms with Crippen molar-refractivity contribution in [2.45, 2.75) is 24.7 Å². The maximum Gasteiger partial charge on any atom is 0.421 e. The standard InChI is InChI=1S/C25H22F3N5O4/c1-33(22(35)17-12-21(34)32-30-14-17)24(10-11-37-15-24)23(36)29-13-16-6-8-18(9-7-16)31-20-5-3-2-4-19(20)25(26,27)28/h2-9,12,14,31H,1,10-11,13,15H2,(H-,29,32,34,36)/p+1. The molecular weight excluding hydrogens is 491 g/mol. The van der Waals surface area contributed by atoms with E-state index in [9.17, 15) is 27.6 Å². The van der Waals surface area contributed by atoms with Gasteiger partial charge in [0.1, 0.15) is 18.9 Å². The van der Waals surface area contributed by atoms with E-state index in [-0.39, 0.29) is 37.4 Å². The highest BCUT2D eigenvalue weighted by molar-refractivity contribution is 5.93. The third-order valence-corrected chi connectivity index (χ3v) is 6.02. The molecule has 3 aromatic rings. The molecular formula is C25H23F3N5O4+. The Balaban J connectivity index is 1.43. The van der Waals surface area contributed by atoms with Crippen LogP contribution in [0.1, 0.15) is 27.9 Å². The van der Waals surface area contributed by atoms with Crippen LogP contribution in [0.3, 0.4) is 0 Å². The molecule has 3 N–H and O–H groups in total. The van der Waals surface area contributed by atoms with Gasteiger partial charge in [0.25, 0.3) is 17.0 Å². The van der Waals surface area contributed by atoms with Gasteiger partial charge in [-0.05, 0) is 29.8 Å². The summed E-state index contributed by atoms with van der Waals surface area (Å²) in [4.78, 5) is 37.6. The van der Waals surface area contributed by atoms with Crippen molar-refractivity contribution in [3.8, 4) is 0 Å². The Morgan fingerprint density at radius 3 is 2.54 bits per heavy atom. The van der Waals surface area contributed by atoms with Crippen LogP contribution in [0.2, 0.25) is 0 Å². The monoisotopic (exact) mass is 514 g/mol. The Hall–Kier alpha value is -4.32. The first-order valence-electron chi connectivity index (χ1n) is 11.2. The Kier molecular flexibility index (Phi) is 7.21. The fraction of sp³-hybridized carbons (Fsp3) is 0.240. The Labute approximate surface area is 209 Å². The lowest BCUT2D eigenvalue weighted by Gasteiger charge is -2.22. The summed E-state index contributed by atoms with van der Waals surface area (Å²) in [6.45, 7) is 4.02. The van der Waals surface area contributed by atoms with E-state index in [0.717, 1.165) is 16.7 Å². The number of halogens is 3. The number of carbonyl (C=O) groups is 2. The number of nitrogens with zero attached hydrogens (tertiary/aromatic N) is 2. The summed E-state index contributed by atoms with van der Waals surface area (Å²) in [6, 6.07) is 12.7. The van der Waals surface area contributed by atoms with E-state index in [1.54, 1.807) is 24.3 Å². The molecule has 4 rings (SSSR count). The highest BCUT2D eigenvalue weighted by Gasteiger charge is 2.54. The predicted molar refractivity (Wildman–Crippen MR) is 128 cm³/mol. The third kappa shape index (κ3) is 5.59. The first-order chi connectivity index (χ1) is 17.6. The van der Waals surface area contributed by atoms with Crippen LogP contribution in [0.15, 0.2) is 65.6 Å². The number of hydrogen-bond donors (Lipinski definition) is 3. The van der Waals surface area contributed by atoms with Crippen LogP contribution in [0, 0.1) is 0 Å². The zero-order valence-electron chi connectivity index (χ0n) is 19.5. The average Bonchev–Trinajstić information content (AvgIpc) is 3.38. The molecule has 1 atom stereocenters. The van der Waals surface area contributed by atoms with Gasteiger partial charge in [0.2, 0.25) is 0 Å². The van der Waals surface area contributed by atoms with Crippen molar-refractivity contribution in [1.82, 2.24) is 15.5 Å². The number of benzene rings is 2. The summed E-state index contributed by atoms with van der Waals surface area (Å²) < 4.78 is 46.1. The van der Waals surface area contributed by atoms with E-state index in [2.05, 4.69) is 27.5 Å². The lowest BCUT2D eigenvalue weighted by atomic mass is 9.95. The molecule has 12 heteroatoms. The minimum atomic E-state index is -4.50. The molecule has 1 unspecified atom stereocenters. The second kappa shape index (κ2) is 10.3. The van der Waals surface area contributed by atoms with Gasteiger partial charge in [-0.3, -0.25) is 9.59 Å². The van der Waals surface area contributed by atoms with Crippen molar-refractivity contribution in [2.24, 2.45) is 0 Å². The third-order valence-electron chi connectivity index (χ3n) is 6.02. The van der Waals surface area contributed by atoms with Crippen molar-refractivity contribution in [1.29, 1.82) is 0 Å². The zero-order chi connectivity index (χ0) is 26.6. The van der Waals surface area contributed by atoms with Crippen LogP contribution in [-0.2, 0) is 22.3 Å². The van der Waals surface area contributed by atoms with Crippen LogP contribution in [0.25, 0.3) is 0 Å². The molecule has 2 heterocycles. The number of rotatable bonds is 7. The number of nitrogens with one attached hydrogen (secondary N) is 3. The molecule has 1 aliphatic rings. The van der Waals surface area contributed by atoms with Crippen LogP contribution in [0.4, 0.5) is 24.5 Å². The molecule has 1 saturated heterocycles. The van der Waals surface area contributed by atoms with Gasteiger partial charge in [0.15, 0.2) is 0 Å². The summed E-state index contributed by atoms with van der Waals surface area (Å²) in [7, 11) is 0. The van der Waals surface area contributed by atoms with Gasteiger partial charge in [-0.1, -0.05) is 24.3 Å². The number of amides is 2. The van der Waals surface area contributed by atoms with E-state index >= 15 is 0 Å². The second-order valence-corrected chi connectivity index (χ2v) is 8.45. The minimum absolute atomic E-state index is 0.0204. The molecule has 1 fully saturated rings. The lowest BCUT2D eigenvalue weighted by molar-refractivity contribution is -0.493. The van der Waals surface area contributed by atoms with E-state index in [1.165, 1.54) is 24.4 Å². The maximum absolute atomic E-state index is 13.2. The van der Waals surface area contributed by atoms with Crippen LogP contribution >= 0.6 is 0 Å². The molecule has 2 amide bonds.